The molecule has 1 amide bonds. The molecule has 104 valence electrons. The standard InChI is InChI=1S/C12H16ClN3O3/c1-12(2,3)15-11(17)7-14-9-5-4-8(13)6-10(9)16(18)19/h4-6,14H,7H2,1-3H3,(H,15,17). The highest BCUT2D eigenvalue weighted by molar-refractivity contribution is 6.30. The van der Waals surface area contributed by atoms with Gasteiger partial charge in [-0.2, -0.15) is 0 Å². The summed E-state index contributed by atoms with van der Waals surface area (Å²) < 4.78 is 0. The van der Waals surface area contributed by atoms with Crippen molar-refractivity contribution in [1.29, 1.82) is 0 Å². The van der Waals surface area contributed by atoms with Crippen LogP contribution in [0.4, 0.5) is 11.4 Å². The van der Waals surface area contributed by atoms with Crippen LogP contribution < -0.4 is 10.6 Å². The Bertz CT molecular complexity index is 497. The second-order valence-electron chi connectivity index (χ2n) is 5.07. The summed E-state index contributed by atoms with van der Waals surface area (Å²) in [7, 11) is 0. The van der Waals surface area contributed by atoms with Crippen molar-refractivity contribution in [1.82, 2.24) is 5.32 Å². The van der Waals surface area contributed by atoms with Crippen molar-refractivity contribution in [3.63, 3.8) is 0 Å². The van der Waals surface area contributed by atoms with E-state index < -0.39 is 4.92 Å². The SMILES string of the molecule is CC(C)(C)NC(=O)CNc1ccc(Cl)cc1[N+](=O)[O-]. The average Bonchev–Trinajstić information content (AvgIpc) is 2.24. The van der Waals surface area contributed by atoms with Crippen LogP contribution in [0.15, 0.2) is 18.2 Å². The van der Waals surface area contributed by atoms with E-state index in [1.165, 1.54) is 18.2 Å². The summed E-state index contributed by atoms with van der Waals surface area (Å²) in [5.41, 5.74) is -0.237. The second kappa shape index (κ2) is 5.88. The van der Waals surface area contributed by atoms with Crippen molar-refractivity contribution >= 4 is 28.9 Å². The first-order valence-corrected chi connectivity index (χ1v) is 6.05. The molecule has 19 heavy (non-hydrogen) atoms. The fourth-order valence-corrected chi connectivity index (χ4v) is 1.61. The predicted octanol–water partition coefficient (Wildman–Crippen LogP) is 2.57. The van der Waals surface area contributed by atoms with Gasteiger partial charge in [0.15, 0.2) is 0 Å². The number of nitrogens with zero attached hydrogens (tertiary/aromatic N) is 1. The molecule has 2 N–H and O–H groups in total. The number of nitro benzene ring substituents is 1. The molecular formula is C12H16ClN3O3. The predicted molar refractivity (Wildman–Crippen MR) is 74.5 cm³/mol. The van der Waals surface area contributed by atoms with E-state index in [2.05, 4.69) is 10.6 Å². The molecule has 6 nitrogen and oxygen atoms in total. The molecule has 1 aromatic carbocycles. The Kier molecular flexibility index (Phi) is 4.72. The van der Waals surface area contributed by atoms with Gasteiger partial charge in [-0.1, -0.05) is 11.6 Å². The van der Waals surface area contributed by atoms with E-state index in [1.54, 1.807) is 0 Å². The summed E-state index contributed by atoms with van der Waals surface area (Å²) in [5, 5.41) is 16.6. The van der Waals surface area contributed by atoms with Gasteiger partial charge < -0.3 is 10.6 Å². The van der Waals surface area contributed by atoms with Crippen molar-refractivity contribution < 1.29 is 9.72 Å². The third-order valence-corrected chi connectivity index (χ3v) is 2.35. The van der Waals surface area contributed by atoms with Gasteiger partial charge in [-0.25, -0.2) is 0 Å². The first kappa shape index (κ1) is 15.2. The smallest absolute Gasteiger partial charge is 0.293 e. The number of anilines is 1. The monoisotopic (exact) mass is 285 g/mol. The van der Waals surface area contributed by atoms with Crippen LogP contribution in [-0.2, 0) is 4.79 Å². The summed E-state index contributed by atoms with van der Waals surface area (Å²) in [5.74, 6) is -0.239. The second-order valence-corrected chi connectivity index (χ2v) is 5.51. The third kappa shape index (κ3) is 5.13. The van der Waals surface area contributed by atoms with Crippen molar-refractivity contribution in [3.8, 4) is 0 Å². The van der Waals surface area contributed by atoms with Crippen LogP contribution >= 0.6 is 11.6 Å². The molecule has 0 saturated carbocycles. The molecule has 0 aliphatic rings. The van der Waals surface area contributed by atoms with Gasteiger partial charge in [0.25, 0.3) is 5.69 Å². The molecular weight excluding hydrogens is 270 g/mol. The van der Waals surface area contributed by atoms with Crippen LogP contribution in [0.1, 0.15) is 20.8 Å². The molecule has 1 aromatic rings. The fraction of sp³-hybridized carbons (Fsp3) is 0.417. The quantitative estimate of drug-likeness (QED) is 0.658. The Morgan fingerprint density at radius 1 is 1.42 bits per heavy atom. The molecule has 0 saturated heterocycles. The van der Waals surface area contributed by atoms with Crippen LogP contribution in [0.2, 0.25) is 5.02 Å². The van der Waals surface area contributed by atoms with Crippen molar-refractivity contribution in [2.45, 2.75) is 26.3 Å². The van der Waals surface area contributed by atoms with Crippen molar-refractivity contribution in [2.24, 2.45) is 0 Å². The zero-order chi connectivity index (χ0) is 14.6. The van der Waals surface area contributed by atoms with Crippen LogP contribution in [0.3, 0.4) is 0 Å². The maximum absolute atomic E-state index is 11.6. The summed E-state index contributed by atoms with van der Waals surface area (Å²) in [6.45, 7) is 5.53. The van der Waals surface area contributed by atoms with E-state index in [0.717, 1.165) is 0 Å². The Hall–Kier alpha value is -1.82. The van der Waals surface area contributed by atoms with Gasteiger partial charge in [0.2, 0.25) is 5.91 Å². The summed E-state index contributed by atoms with van der Waals surface area (Å²) >= 11 is 5.70. The molecule has 0 aliphatic carbocycles. The molecule has 7 heteroatoms. The topological polar surface area (TPSA) is 84.3 Å². The molecule has 0 spiro atoms. The van der Waals surface area contributed by atoms with E-state index in [4.69, 9.17) is 11.6 Å². The summed E-state index contributed by atoms with van der Waals surface area (Å²) in [4.78, 5) is 21.9. The van der Waals surface area contributed by atoms with Gasteiger partial charge in [-0.15, -0.1) is 0 Å². The van der Waals surface area contributed by atoms with Gasteiger partial charge in [0, 0.05) is 16.6 Å². The normalized spacial score (nSPS) is 10.9. The highest BCUT2D eigenvalue weighted by Crippen LogP contribution is 2.27. The maximum Gasteiger partial charge on any atom is 0.293 e. The number of carbonyl (C=O) groups is 1. The van der Waals surface area contributed by atoms with Crippen LogP contribution in [0.5, 0.6) is 0 Å². The van der Waals surface area contributed by atoms with Crippen molar-refractivity contribution in [3.05, 3.63) is 33.3 Å². The average molecular weight is 286 g/mol. The zero-order valence-electron chi connectivity index (χ0n) is 11.0. The Morgan fingerprint density at radius 2 is 2.05 bits per heavy atom. The minimum absolute atomic E-state index is 0.0419. The van der Waals surface area contributed by atoms with Gasteiger partial charge in [-0.05, 0) is 32.9 Å². The lowest BCUT2D eigenvalue weighted by atomic mass is 10.1. The molecule has 0 aromatic heterocycles. The Balaban J connectivity index is 2.73. The maximum atomic E-state index is 11.6. The Labute approximate surface area is 116 Å². The molecule has 0 atom stereocenters. The van der Waals surface area contributed by atoms with E-state index in [9.17, 15) is 14.9 Å². The Morgan fingerprint density at radius 3 is 2.58 bits per heavy atom. The summed E-state index contributed by atoms with van der Waals surface area (Å²) in [6.07, 6.45) is 0. The number of nitro groups is 1. The molecule has 0 unspecified atom stereocenters. The first-order chi connectivity index (χ1) is 8.69. The minimum atomic E-state index is -0.546. The van der Waals surface area contributed by atoms with Gasteiger partial charge in [0.05, 0.1) is 11.5 Å². The fourth-order valence-electron chi connectivity index (χ4n) is 1.44. The molecule has 1 rings (SSSR count). The molecule has 0 aliphatic heterocycles. The number of rotatable bonds is 4. The number of amides is 1. The lowest BCUT2D eigenvalue weighted by Crippen LogP contribution is -2.43. The summed E-state index contributed by atoms with van der Waals surface area (Å²) in [6, 6.07) is 4.24. The highest BCUT2D eigenvalue weighted by atomic mass is 35.5. The van der Waals surface area contributed by atoms with Gasteiger partial charge >= 0.3 is 0 Å². The van der Waals surface area contributed by atoms with Gasteiger partial charge in [-0.3, -0.25) is 14.9 Å². The number of hydrogen-bond donors (Lipinski definition) is 2. The largest absolute Gasteiger partial charge is 0.371 e. The van der Waals surface area contributed by atoms with Crippen LogP contribution in [0.25, 0.3) is 0 Å². The lowest BCUT2D eigenvalue weighted by molar-refractivity contribution is -0.383. The highest BCUT2D eigenvalue weighted by Gasteiger charge is 2.17. The van der Waals surface area contributed by atoms with E-state index in [0.29, 0.717) is 0 Å². The van der Waals surface area contributed by atoms with E-state index >= 15 is 0 Å². The number of carbonyl (C=O) groups excluding carboxylic acids is 1. The van der Waals surface area contributed by atoms with Crippen LogP contribution in [0, 0.1) is 10.1 Å². The minimum Gasteiger partial charge on any atom is -0.371 e. The lowest BCUT2D eigenvalue weighted by Gasteiger charge is -2.20. The van der Waals surface area contributed by atoms with E-state index in [-0.39, 0.29) is 34.4 Å². The molecule has 0 fully saturated rings. The van der Waals surface area contributed by atoms with E-state index in [1.807, 2.05) is 20.8 Å². The van der Waals surface area contributed by atoms with Crippen molar-refractivity contribution in [2.75, 3.05) is 11.9 Å². The number of nitrogens with one attached hydrogen (secondary N) is 2. The first-order valence-electron chi connectivity index (χ1n) is 5.68. The molecule has 0 bridgehead atoms. The van der Waals surface area contributed by atoms with Crippen LogP contribution in [-0.4, -0.2) is 22.9 Å². The van der Waals surface area contributed by atoms with Gasteiger partial charge in [0.1, 0.15) is 5.69 Å². The number of halogens is 1. The number of benzene rings is 1. The molecule has 0 heterocycles. The third-order valence-electron chi connectivity index (χ3n) is 2.11. The zero-order valence-corrected chi connectivity index (χ0v) is 11.7. The molecule has 0 radical (unpaired) electrons. The number of hydrogen-bond acceptors (Lipinski definition) is 4.